The fourth-order valence-electron chi connectivity index (χ4n) is 3.26. The van der Waals surface area contributed by atoms with Gasteiger partial charge in [-0.2, -0.15) is 0 Å². The van der Waals surface area contributed by atoms with Crippen LogP contribution in [0.3, 0.4) is 0 Å². The Balaban J connectivity index is 1.39. The molecular weight excluding hydrogens is 392 g/mol. The van der Waals surface area contributed by atoms with Crippen molar-refractivity contribution >= 4 is 33.1 Å². The van der Waals surface area contributed by atoms with Crippen LogP contribution in [0.25, 0.3) is 22.0 Å². The quantitative estimate of drug-likeness (QED) is 0.417. The minimum atomic E-state index is -0.228. The Labute approximate surface area is 180 Å². The number of nitrogens with one attached hydrogen (secondary N) is 1. The third kappa shape index (κ3) is 4.52. The molecule has 0 radical (unpaired) electrons. The van der Waals surface area contributed by atoms with Crippen molar-refractivity contribution < 1.29 is 9.53 Å². The highest BCUT2D eigenvalue weighted by Gasteiger charge is 2.14. The summed E-state index contributed by atoms with van der Waals surface area (Å²) in [6, 6.07) is 22.2. The van der Waals surface area contributed by atoms with Crippen molar-refractivity contribution in [1.82, 2.24) is 4.98 Å². The number of anilines is 1. The lowest BCUT2D eigenvalue weighted by Crippen LogP contribution is -2.20. The molecule has 1 heterocycles. The van der Waals surface area contributed by atoms with Gasteiger partial charge in [-0.1, -0.05) is 75.4 Å². The number of thiazole rings is 1. The van der Waals surface area contributed by atoms with E-state index < -0.39 is 0 Å². The lowest BCUT2D eigenvalue weighted by atomic mass is 9.87. The Morgan fingerprint density at radius 1 is 1.00 bits per heavy atom. The zero-order valence-electron chi connectivity index (χ0n) is 17.3. The minimum Gasteiger partial charge on any atom is -0.484 e. The summed E-state index contributed by atoms with van der Waals surface area (Å²) in [6.45, 7) is 6.43. The molecule has 0 aliphatic rings. The number of hydrogen-bond acceptors (Lipinski definition) is 4. The first-order valence-electron chi connectivity index (χ1n) is 9.87. The number of benzene rings is 3. The van der Waals surface area contributed by atoms with Crippen molar-refractivity contribution in [2.75, 3.05) is 11.9 Å². The minimum absolute atomic E-state index is 0.0575. The first-order chi connectivity index (χ1) is 14.4. The molecule has 3 aromatic carbocycles. The lowest BCUT2D eigenvalue weighted by Gasteiger charge is -2.19. The molecular formula is C25H24N2O2S. The summed E-state index contributed by atoms with van der Waals surface area (Å²) < 4.78 is 5.62. The Kier molecular flexibility index (Phi) is 5.55. The summed E-state index contributed by atoms with van der Waals surface area (Å²) in [7, 11) is 0. The summed E-state index contributed by atoms with van der Waals surface area (Å²) in [6.07, 6.45) is 0. The van der Waals surface area contributed by atoms with E-state index in [2.05, 4.69) is 49.3 Å². The number of hydrogen-bond donors (Lipinski definition) is 1. The van der Waals surface area contributed by atoms with Crippen molar-refractivity contribution in [2.45, 2.75) is 26.2 Å². The van der Waals surface area contributed by atoms with Gasteiger partial charge in [-0.3, -0.25) is 10.1 Å². The molecule has 0 fully saturated rings. The molecule has 0 unspecified atom stereocenters. The number of amides is 1. The molecule has 0 atom stereocenters. The number of nitrogens with zero attached hydrogens (tertiary/aromatic N) is 1. The Morgan fingerprint density at radius 2 is 1.73 bits per heavy atom. The molecule has 0 bridgehead atoms. The first-order valence-corrected chi connectivity index (χ1v) is 10.7. The van der Waals surface area contributed by atoms with Gasteiger partial charge in [-0.05, 0) is 33.9 Å². The monoisotopic (exact) mass is 416 g/mol. The molecule has 1 N–H and O–H groups in total. The fourth-order valence-corrected chi connectivity index (χ4v) is 3.99. The van der Waals surface area contributed by atoms with Crippen molar-refractivity contribution in [2.24, 2.45) is 0 Å². The van der Waals surface area contributed by atoms with Crippen LogP contribution in [-0.2, 0) is 10.2 Å². The lowest BCUT2D eigenvalue weighted by molar-refractivity contribution is -0.118. The van der Waals surface area contributed by atoms with Gasteiger partial charge in [0.2, 0.25) is 0 Å². The second-order valence-corrected chi connectivity index (χ2v) is 9.03. The Morgan fingerprint density at radius 3 is 2.50 bits per heavy atom. The van der Waals surface area contributed by atoms with Crippen molar-refractivity contribution in [1.29, 1.82) is 0 Å². The summed E-state index contributed by atoms with van der Waals surface area (Å²) in [5, 5.41) is 7.67. The van der Waals surface area contributed by atoms with Crippen LogP contribution in [-0.4, -0.2) is 17.5 Å². The summed E-state index contributed by atoms with van der Waals surface area (Å²) in [5.41, 5.74) is 3.22. The van der Waals surface area contributed by atoms with E-state index in [1.807, 2.05) is 53.9 Å². The molecule has 0 spiro atoms. The van der Waals surface area contributed by atoms with Gasteiger partial charge in [0.1, 0.15) is 5.75 Å². The standard InChI is InChI=1S/C25H24N2O2S/c1-25(2,3)18-11-13-19(14-12-18)29-15-23(28)27-24-26-22(16-30-24)21-10-6-8-17-7-4-5-9-20(17)21/h4-14,16H,15H2,1-3H3,(H,26,27,28). The van der Waals surface area contributed by atoms with Crippen LogP contribution < -0.4 is 10.1 Å². The number of carbonyl (C=O) groups is 1. The SMILES string of the molecule is CC(C)(C)c1ccc(OCC(=O)Nc2nc(-c3cccc4ccccc34)cs2)cc1. The third-order valence-corrected chi connectivity index (χ3v) is 5.66. The Bertz CT molecular complexity index is 1170. The van der Waals surface area contributed by atoms with E-state index in [1.54, 1.807) is 0 Å². The number of aromatic nitrogens is 1. The molecule has 4 rings (SSSR count). The van der Waals surface area contributed by atoms with E-state index in [0.29, 0.717) is 10.9 Å². The van der Waals surface area contributed by atoms with Crippen molar-refractivity contribution in [3.05, 3.63) is 77.7 Å². The molecule has 4 aromatic rings. The van der Waals surface area contributed by atoms with Crippen LogP contribution in [0.5, 0.6) is 5.75 Å². The van der Waals surface area contributed by atoms with E-state index in [4.69, 9.17) is 4.74 Å². The number of carbonyl (C=O) groups excluding carboxylic acids is 1. The van der Waals surface area contributed by atoms with Crippen LogP contribution >= 0.6 is 11.3 Å². The predicted molar refractivity (Wildman–Crippen MR) is 124 cm³/mol. The highest BCUT2D eigenvalue weighted by Crippen LogP contribution is 2.31. The van der Waals surface area contributed by atoms with Gasteiger partial charge in [-0.15, -0.1) is 11.3 Å². The summed E-state index contributed by atoms with van der Waals surface area (Å²) >= 11 is 1.41. The van der Waals surface area contributed by atoms with Crippen LogP contribution in [0.15, 0.2) is 72.1 Å². The molecule has 1 aromatic heterocycles. The van der Waals surface area contributed by atoms with E-state index in [9.17, 15) is 4.79 Å². The summed E-state index contributed by atoms with van der Waals surface area (Å²) in [5.74, 6) is 0.447. The molecule has 0 saturated heterocycles. The van der Waals surface area contributed by atoms with Crippen LogP contribution in [0.2, 0.25) is 0 Å². The molecule has 4 nitrogen and oxygen atoms in total. The normalized spacial score (nSPS) is 11.4. The van der Waals surface area contributed by atoms with Gasteiger partial charge in [0.25, 0.3) is 5.91 Å². The van der Waals surface area contributed by atoms with Crippen LogP contribution in [0.1, 0.15) is 26.3 Å². The highest BCUT2D eigenvalue weighted by atomic mass is 32.1. The van der Waals surface area contributed by atoms with E-state index in [0.717, 1.165) is 16.6 Å². The van der Waals surface area contributed by atoms with Crippen LogP contribution in [0, 0.1) is 0 Å². The molecule has 0 aliphatic carbocycles. The number of rotatable bonds is 5. The molecule has 1 amide bonds. The second-order valence-electron chi connectivity index (χ2n) is 8.18. The van der Waals surface area contributed by atoms with Gasteiger partial charge in [0, 0.05) is 10.9 Å². The summed E-state index contributed by atoms with van der Waals surface area (Å²) in [4.78, 5) is 16.9. The topological polar surface area (TPSA) is 51.2 Å². The predicted octanol–water partition coefficient (Wildman–Crippen LogP) is 6.28. The third-order valence-electron chi connectivity index (χ3n) is 4.91. The second kappa shape index (κ2) is 8.28. The molecule has 5 heteroatoms. The van der Waals surface area contributed by atoms with Crippen LogP contribution in [0.4, 0.5) is 5.13 Å². The van der Waals surface area contributed by atoms with Gasteiger partial charge in [0.05, 0.1) is 5.69 Å². The molecule has 0 saturated carbocycles. The fraction of sp³-hybridized carbons (Fsp3) is 0.200. The zero-order valence-corrected chi connectivity index (χ0v) is 18.1. The molecule has 152 valence electrons. The van der Waals surface area contributed by atoms with Gasteiger partial charge < -0.3 is 4.74 Å². The maximum Gasteiger partial charge on any atom is 0.264 e. The van der Waals surface area contributed by atoms with Crippen molar-refractivity contribution in [3.8, 4) is 17.0 Å². The Hall–Kier alpha value is -3.18. The highest BCUT2D eigenvalue weighted by molar-refractivity contribution is 7.14. The number of ether oxygens (including phenoxy) is 1. The largest absolute Gasteiger partial charge is 0.484 e. The smallest absolute Gasteiger partial charge is 0.264 e. The van der Waals surface area contributed by atoms with Gasteiger partial charge >= 0.3 is 0 Å². The zero-order chi connectivity index (χ0) is 21.1. The maximum absolute atomic E-state index is 12.3. The van der Waals surface area contributed by atoms with Gasteiger partial charge in [-0.25, -0.2) is 4.98 Å². The maximum atomic E-state index is 12.3. The molecule has 0 aliphatic heterocycles. The van der Waals surface area contributed by atoms with E-state index in [1.165, 1.54) is 22.3 Å². The average Bonchev–Trinajstić information content (AvgIpc) is 3.19. The van der Waals surface area contributed by atoms with Crippen molar-refractivity contribution in [3.63, 3.8) is 0 Å². The first kappa shape index (κ1) is 20.1. The van der Waals surface area contributed by atoms with E-state index in [-0.39, 0.29) is 17.9 Å². The van der Waals surface area contributed by atoms with Gasteiger partial charge in [0.15, 0.2) is 11.7 Å². The molecule has 30 heavy (non-hydrogen) atoms. The average molecular weight is 417 g/mol. The number of fused-ring (bicyclic) bond motifs is 1. The van der Waals surface area contributed by atoms with E-state index >= 15 is 0 Å².